The number of hydrogen-bond donors (Lipinski definition) is 1. The van der Waals surface area contributed by atoms with Gasteiger partial charge < -0.3 is 5.32 Å². The first-order chi connectivity index (χ1) is 12.4. The summed E-state index contributed by atoms with van der Waals surface area (Å²) >= 11 is 6.08. The van der Waals surface area contributed by atoms with Gasteiger partial charge in [-0.3, -0.25) is 19.3 Å². The highest BCUT2D eigenvalue weighted by Gasteiger charge is 2.20. The molecule has 0 saturated carbocycles. The number of benzene rings is 1. The number of imidazole rings is 1. The van der Waals surface area contributed by atoms with E-state index in [4.69, 9.17) is 11.6 Å². The minimum Gasteiger partial charge on any atom is -0.319 e. The van der Waals surface area contributed by atoms with E-state index in [0.29, 0.717) is 29.1 Å². The molecule has 7 nitrogen and oxygen atoms in total. The fourth-order valence-electron chi connectivity index (χ4n) is 2.75. The Morgan fingerprint density at radius 3 is 2.77 bits per heavy atom. The number of aromatic nitrogens is 2. The number of anilines is 1. The number of nitro benzene ring substituents is 1. The normalized spacial score (nSPS) is 10.9. The Morgan fingerprint density at radius 1 is 1.35 bits per heavy atom. The second kappa shape index (κ2) is 7.13. The van der Waals surface area contributed by atoms with Crippen LogP contribution in [0.1, 0.15) is 35.1 Å². The predicted octanol–water partition coefficient (Wildman–Crippen LogP) is 4.41. The molecule has 26 heavy (non-hydrogen) atoms. The maximum atomic E-state index is 12.9. The summed E-state index contributed by atoms with van der Waals surface area (Å²) in [6.07, 6.45) is 3.32. The molecule has 0 fully saturated rings. The standard InChI is InChI=1S/C18H17ClN4O3/c1-3-4-15-17(22-8-7-11(2)9-16(22)20-15)18(24)21-14-6-5-12(23(25)26)10-13(14)19/h5-10H,3-4H2,1-2H3,(H,21,24). The van der Waals surface area contributed by atoms with Crippen molar-refractivity contribution < 1.29 is 9.72 Å². The summed E-state index contributed by atoms with van der Waals surface area (Å²) in [6, 6.07) is 7.74. The summed E-state index contributed by atoms with van der Waals surface area (Å²) < 4.78 is 1.74. The van der Waals surface area contributed by atoms with Gasteiger partial charge >= 0.3 is 0 Å². The number of carbonyl (C=O) groups is 1. The first-order valence-electron chi connectivity index (χ1n) is 8.13. The Morgan fingerprint density at radius 2 is 2.12 bits per heavy atom. The maximum Gasteiger partial charge on any atom is 0.274 e. The molecule has 1 aromatic carbocycles. The molecule has 0 spiro atoms. The topological polar surface area (TPSA) is 89.5 Å². The van der Waals surface area contributed by atoms with Crippen LogP contribution in [-0.4, -0.2) is 20.2 Å². The predicted molar refractivity (Wildman–Crippen MR) is 100.0 cm³/mol. The van der Waals surface area contributed by atoms with Crippen molar-refractivity contribution in [3.63, 3.8) is 0 Å². The van der Waals surface area contributed by atoms with Crippen LogP contribution in [0.5, 0.6) is 0 Å². The van der Waals surface area contributed by atoms with Crippen molar-refractivity contribution in [2.24, 2.45) is 0 Å². The minimum atomic E-state index is -0.538. The summed E-state index contributed by atoms with van der Waals surface area (Å²) in [4.78, 5) is 27.7. The highest BCUT2D eigenvalue weighted by Crippen LogP contribution is 2.27. The average molecular weight is 373 g/mol. The third-order valence-corrected chi connectivity index (χ3v) is 4.28. The lowest BCUT2D eigenvalue weighted by molar-refractivity contribution is -0.384. The fraction of sp³-hybridized carbons (Fsp3) is 0.222. The van der Waals surface area contributed by atoms with Crippen LogP contribution in [0.15, 0.2) is 36.5 Å². The van der Waals surface area contributed by atoms with Crippen molar-refractivity contribution >= 4 is 34.5 Å². The van der Waals surface area contributed by atoms with Gasteiger partial charge in [-0.05, 0) is 37.1 Å². The van der Waals surface area contributed by atoms with Crippen LogP contribution in [-0.2, 0) is 6.42 Å². The van der Waals surface area contributed by atoms with Crippen LogP contribution in [0.2, 0.25) is 5.02 Å². The number of aryl methyl sites for hydroxylation is 2. The maximum absolute atomic E-state index is 12.9. The molecule has 0 atom stereocenters. The Kier molecular flexibility index (Phi) is 4.90. The number of hydrogen-bond acceptors (Lipinski definition) is 4. The Bertz CT molecular complexity index is 1010. The SMILES string of the molecule is CCCc1nc2cc(C)ccn2c1C(=O)Nc1ccc([N+](=O)[O-])cc1Cl. The van der Waals surface area contributed by atoms with Gasteiger partial charge in [0.05, 0.1) is 21.3 Å². The van der Waals surface area contributed by atoms with Crippen LogP contribution in [0, 0.1) is 17.0 Å². The van der Waals surface area contributed by atoms with Crippen LogP contribution in [0.25, 0.3) is 5.65 Å². The van der Waals surface area contributed by atoms with Crippen molar-refractivity contribution in [1.82, 2.24) is 9.38 Å². The Hall–Kier alpha value is -2.93. The van der Waals surface area contributed by atoms with E-state index in [9.17, 15) is 14.9 Å². The Labute approximate surface area is 154 Å². The summed E-state index contributed by atoms with van der Waals surface area (Å²) in [6.45, 7) is 3.98. The highest BCUT2D eigenvalue weighted by molar-refractivity contribution is 6.34. The molecule has 0 aliphatic rings. The van der Waals surface area contributed by atoms with E-state index in [0.717, 1.165) is 12.0 Å². The van der Waals surface area contributed by atoms with Crippen molar-refractivity contribution in [2.75, 3.05) is 5.32 Å². The third kappa shape index (κ3) is 3.39. The van der Waals surface area contributed by atoms with Gasteiger partial charge in [-0.1, -0.05) is 24.9 Å². The van der Waals surface area contributed by atoms with E-state index in [2.05, 4.69) is 10.3 Å². The van der Waals surface area contributed by atoms with Crippen molar-refractivity contribution in [3.8, 4) is 0 Å². The number of nitro groups is 1. The molecule has 3 aromatic rings. The lowest BCUT2D eigenvalue weighted by Gasteiger charge is -2.08. The van der Waals surface area contributed by atoms with E-state index >= 15 is 0 Å². The lowest BCUT2D eigenvalue weighted by atomic mass is 10.2. The lowest BCUT2D eigenvalue weighted by Crippen LogP contribution is -2.16. The van der Waals surface area contributed by atoms with Gasteiger partial charge in [0.1, 0.15) is 11.3 Å². The Balaban J connectivity index is 1.99. The molecule has 2 aromatic heterocycles. The molecule has 2 heterocycles. The third-order valence-electron chi connectivity index (χ3n) is 3.97. The zero-order chi connectivity index (χ0) is 18.8. The molecule has 1 amide bonds. The van der Waals surface area contributed by atoms with Gasteiger partial charge in [-0.15, -0.1) is 0 Å². The molecule has 8 heteroatoms. The van der Waals surface area contributed by atoms with Crippen molar-refractivity contribution in [3.05, 3.63) is 68.6 Å². The van der Waals surface area contributed by atoms with Gasteiger partial charge in [0.15, 0.2) is 0 Å². The first kappa shape index (κ1) is 17.9. The van der Waals surface area contributed by atoms with Gasteiger partial charge in [0.2, 0.25) is 0 Å². The van der Waals surface area contributed by atoms with Crippen molar-refractivity contribution in [1.29, 1.82) is 0 Å². The number of carbonyl (C=O) groups excluding carboxylic acids is 1. The number of non-ortho nitro benzene ring substituents is 1. The van der Waals surface area contributed by atoms with Gasteiger partial charge in [-0.2, -0.15) is 0 Å². The summed E-state index contributed by atoms with van der Waals surface area (Å²) in [5, 5.41) is 13.6. The zero-order valence-corrected chi connectivity index (χ0v) is 15.1. The first-order valence-corrected chi connectivity index (χ1v) is 8.51. The molecule has 134 valence electrons. The number of pyridine rings is 1. The summed E-state index contributed by atoms with van der Waals surface area (Å²) in [7, 11) is 0. The number of nitrogens with one attached hydrogen (secondary N) is 1. The molecular weight excluding hydrogens is 356 g/mol. The molecule has 0 saturated heterocycles. The smallest absolute Gasteiger partial charge is 0.274 e. The molecular formula is C18H17ClN4O3. The van der Waals surface area contributed by atoms with Gasteiger partial charge in [0, 0.05) is 18.3 Å². The number of nitrogens with zero attached hydrogens (tertiary/aromatic N) is 3. The molecule has 1 N–H and O–H groups in total. The van der Waals surface area contributed by atoms with Crippen LogP contribution >= 0.6 is 11.6 Å². The number of halogens is 1. The van der Waals surface area contributed by atoms with E-state index in [1.807, 2.05) is 32.2 Å². The monoisotopic (exact) mass is 372 g/mol. The van der Waals surface area contributed by atoms with Crippen LogP contribution in [0.3, 0.4) is 0 Å². The van der Waals surface area contributed by atoms with Gasteiger partial charge in [-0.25, -0.2) is 4.98 Å². The van der Waals surface area contributed by atoms with Crippen LogP contribution in [0.4, 0.5) is 11.4 Å². The molecule has 0 aliphatic carbocycles. The van der Waals surface area contributed by atoms with Crippen molar-refractivity contribution in [2.45, 2.75) is 26.7 Å². The van der Waals surface area contributed by atoms with E-state index < -0.39 is 4.92 Å². The molecule has 0 radical (unpaired) electrons. The number of fused-ring (bicyclic) bond motifs is 1. The quantitative estimate of drug-likeness (QED) is 0.530. The molecule has 3 rings (SSSR count). The number of rotatable bonds is 5. The minimum absolute atomic E-state index is 0.106. The van der Waals surface area contributed by atoms with E-state index in [-0.39, 0.29) is 16.6 Å². The largest absolute Gasteiger partial charge is 0.319 e. The number of amides is 1. The zero-order valence-electron chi connectivity index (χ0n) is 14.3. The van der Waals surface area contributed by atoms with E-state index in [1.165, 1.54) is 18.2 Å². The van der Waals surface area contributed by atoms with Crippen LogP contribution < -0.4 is 5.32 Å². The van der Waals surface area contributed by atoms with Gasteiger partial charge in [0.25, 0.3) is 11.6 Å². The molecule has 0 unspecified atom stereocenters. The second-order valence-electron chi connectivity index (χ2n) is 5.96. The molecule has 0 aliphatic heterocycles. The fourth-order valence-corrected chi connectivity index (χ4v) is 2.97. The summed E-state index contributed by atoms with van der Waals surface area (Å²) in [5.41, 5.74) is 3.07. The average Bonchev–Trinajstić information content (AvgIpc) is 2.93. The van der Waals surface area contributed by atoms with E-state index in [1.54, 1.807) is 4.40 Å². The highest BCUT2D eigenvalue weighted by atomic mass is 35.5. The second-order valence-corrected chi connectivity index (χ2v) is 6.37. The summed E-state index contributed by atoms with van der Waals surface area (Å²) in [5.74, 6) is -0.361. The molecule has 0 bridgehead atoms.